The number of carbonyl (C=O) groups is 2. The predicted molar refractivity (Wildman–Crippen MR) is 174 cm³/mol. The maximum absolute atomic E-state index is 12.4. The minimum Gasteiger partial charge on any atom is -0.462 e. The molecule has 0 aromatic carbocycles. The number of phosphoric acid groups is 1. The van der Waals surface area contributed by atoms with E-state index in [0.717, 1.165) is 32.1 Å². The van der Waals surface area contributed by atoms with Gasteiger partial charge in [-0.25, -0.2) is 4.57 Å². The third kappa shape index (κ3) is 30.8. The molecule has 0 radical (unpaired) electrons. The summed E-state index contributed by atoms with van der Waals surface area (Å²) in [7, 11) is -4.35. The van der Waals surface area contributed by atoms with Crippen LogP contribution in [0.4, 0.5) is 0 Å². The average molecular weight is 636 g/mol. The van der Waals surface area contributed by atoms with Crippen molar-refractivity contribution >= 4 is 19.8 Å². The van der Waals surface area contributed by atoms with E-state index in [9.17, 15) is 19.0 Å². The number of hydrogen-bond donors (Lipinski definition) is 2. The number of nitrogens with two attached hydrogens (primary N) is 1. The predicted octanol–water partition coefficient (Wildman–Crippen LogP) is 8.94. The van der Waals surface area contributed by atoms with Crippen LogP contribution in [-0.2, 0) is 32.7 Å². The van der Waals surface area contributed by atoms with Crippen LogP contribution in [0.5, 0.6) is 0 Å². The number of ether oxygens (including phenoxy) is 2. The van der Waals surface area contributed by atoms with Crippen LogP contribution in [-0.4, -0.2) is 49.3 Å². The fraction of sp³-hybridized carbons (Fsp3) is 0.939. The molecule has 43 heavy (non-hydrogen) atoms. The number of rotatable bonds is 33. The number of carbonyl (C=O) groups excluding carboxylic acids is 2. The maximum atomic E-state index is 12.4. The largest absolute Gasteiger partial charge is 0.472 e. The van der Waals surface area contributed by atoms with Crippen molar-refractivity contribution in [2.24, 2.45) is 5.73 Å². The molecule has 0 aliphatic carbocycles. The first-order valence-electron chi connectivity index (χ1n) is 17.5. The molecule has 10 heteroatoms. The number of esters is 2. The van der Waals surface area contributed by atoms with E-state index in [2.05, 4.69) is 13.8 Å². The minimum absolute atomic E-state index is 0.0575. The smallest absolute Gasteiger partial charge is 0.462 e. The van der Waals surface area contributed by atoms with Gasteiger partial charge in [-0.2, -0.15) is 0 Å². The second kappa shape index (κ2) is 31.0. The third-order valence-electron chi connectivity index (χ3n) is 7.49. The third-order valence-corrected chi connectivity index (χ3v) is 8.48. The summed E-state index contributed by atoms with van der Waals surface area (Å²) in [6.07, 6.45) is 25.6. The molecular formula is C33H66NO8P. The molecule has 0 saturated carbocycles. The van der Waals surface area contributed by atoms with E-state index in [1.807, 2.05) is 0 Å². The van der Waals surface area contributed by atoms with Gasteiger partial charge in [0.25, 0.3) is 0 Å². The van der Waals surface area contributed by atoms with Crippen molar-refractivity contribution in [3.05, 3.63) is 0 Å². The van der Waals surface area contributed by atoms with E-state index in [1.165, 1.54) is 103 Å². The molecule has 3 N–H and O–H groups in total. The molecule has 0 aliphatic heterocycles. The molecule has 9 nitrogen and oxygen atoms in total. The van der Waals surface area contributed by atoms with Crippen molar-refractivity contribution in [2.45, 2.75) is 174 Å². The van der Waals surface area contributed by atoms with Gasteiger partial charge >= 0.3 is 19.8 Å². The second-order valence-electron chi connectivity index (χ2n) is 11.8. The summed E-state index contributed by atoms with van der Waals surface area (Å²) in [6.45, 7) is 3.71. The molecule has 0 bridgehead atoms. The Balaban J connectivity index is 4.25. The lowest BCUT2D eigenvalue weighted by Crippen LogP contribution is -2.29. The van der Waals surface area contributed by atoms with Crippen LogP contribution in [0.2, 0.25) is 0 Å². The summed E-state index contributed by atoms with van der Waals surface area (Å²) in [4.78, 5) is 34.5. The average Bonchev–Trinajstić information content (AvgIpc) is 2.99. The van der Waals surface area contributed by atoms with Crippen LogP contribution >= 0.6 is 7.82 Å². The number of unbranched alkanes of at least 4 members (excludes halogenated alkanes) is 20. The van der Waals surface area contributed by atoms with Crippen LogP contribution in [0, 0.1) is 0 Å². The molecule has 0 rings (SSSR count). The summed E-state index contributed by atoms with van der Waals surface area (Å²) in [5.41, 5.74) is 5.31. The molecule has 0 amide bonds. The Kier molecular flexibility index (Phi) is 30.3. The van der Waals surface area contributed by atoms with Crippen LogP contribution in [0.15, 0.2) is 0 Å². The molecule has 256 valence electrons. The first kappa shape index (κ1) is 42.0. The highest BCUT2D eigenvalue weighted by Gasteiger charge is 2.25. The first-order valence-corrected chi connectivity index (χ1v) is 19.0. The lowest BCUT2D eigenvalue weighted by atomic mass is 10.0. The lowest BCUT2D eigenvalue weighted by molar-refractivity contribution is -0.161. The minimum atomic E-state index is -4.35. The lowest BCUT2D eigenvalue weighted by Gasteiger charge is -2.19. The van der Waals surface area contributed by atoms with Crippen LogP contribution in [0.25, 0.3) is 0 Å². The zero-order chi connectivity index (χ0) is 31.9. The monoisotopic (exact) mass is 635 g/mol. The van der Waals surface area contributed by atoms with Gasteiger partial charge in [0.2, 0.25) is 0 Å². The highest BCUT2D eigenvalue weighted by atomic mass is 31.2. The van der Waals surface area contributed by atoms with Gasteiger partial charge in [-0.05, 0) is 12.8 Å². The molecule has 0 spiro atoms. The first-order chi connectivity index (χ1) is 20.8. The van der Waals surface area contributed by atoms with Crippen LogP contribution in [0.3, 0.4) is 0 Å². The molecule has 0 heterocycles. The van der Waals surface area contributed by atoms with E-state index in [0.29, 0.717) is 6.42 Å². The van der Waals surface area contributed by atoms with E-state index in [-0.39, 0.29) is 38.6 Å². The number of phosphoric ester groups is 1. The molecule has 0 aliphatic rings. The molecule has 0 saturated heterocycles. The maximum Gasteiger partial charge on any atom is 0.472 e. The SMILES string of the molecule is CCCCCCCCCCCCCCC(=O)OC(COC(=O)CCCCCCCCCCCC)COP(=O)(O)OCCN. The fourth-order valence-electron chi connectivity index (χ4n) is 4.87. The summed E-state index contributed by atoms with van der Waals surface area (Å²) in [5, 5.41) is 0. The van der Waals surface area contributed by atoms with Crippen molar-refractivity contribution < 1.29 is 37.6 Å². The van der Waals surface area contributed by atoms with Crippen molar-refractivity contribution in [3.63, 3.8) is 0 Å². The van der Waals surface area contributed by atoms with Gasteiger partial charge in [0, 0.05) is 19.4 Å². The van der Waals surface area contributed by atoms with Gasteiger partial charge in [0.15, 0.2) is 6.10 Å². The van der Waals surface area contributed by atoms with Gasteiger partial charge in [0.1, 0.15) is 6.61 Å². The second-order valence-corrected chi connectivity index (χ2v) is 13.2. The van der Waals surface area contributed by atoms with Crippen LogP contribution < -0.4 is 5.73 Å². The summed E-state index contributed by atoms with van der Waals surface area (Å²) in [5.74, 6) is -0.824. The Morgan fingerprint density at radius 3 is 1.42 bits per heavy atom. The quantitative estimate of drug-likeness (QED) is 0.0411. The van der Waals surface area contributed by atoms with Crippen molar-refractivity contribution in [2.75, 3.05) is 26.4 Å². The zero-order valence-electron chi connectivity index (χ0n) is 27.7. The summed E-state index contributed by atoms with van der Waals surface area (Å²) >= 11 is 0. The van der Waals surface area contributed by atoms with E-state index >= 15 is 0 Å². The zero-order valence-corrected chi connectivity index (χ0v) is 28.6. The Labute approximate surface area is 263 Å². The van der Waals surface area contributed by atoms with E-state index in [4.69, 9.17) is 24.3 Å². The Morgan fingerprint density at radius 1 is 0.605 bits per heavy atom. The molecule has 0 fully saturated rings. The summed E-state index contributed by atoms with van der Waals surface area (Å²) in [6, 6.07) is 0. The van der Waals surface area contributed by atoms with Gasteiger partial charge in [-0.15, -0.1) is 0 Å². The van der Waals surface area contributed by atoms with E-state index < -0.39 is 26.5 Å². The standard InChI is InChI=1S/C33H66NO8P/c1-3-5-7-9-11-13-15-16-18-20-22-24-26-33(36)42-31(30-41-43(37,38)40-28-27-34)29-39-32(35)25-23-21-19-17-14-12-10-8-6-4-2/h31H,3-30,34H2,1-2H3,(H,37,38). The molecule has 2 atom stereocenters. The normalized spacial score (nSPS) is 13.5. The van der Waals surface area contributed by atoms with Crippen molar-refractivity contribution in [1.82, 2.24) is 0 Å². The highest BCUT2D eigenvalue weighted by Crippen LogP contribution is 2.43. The van der Waals surface area contributed by atoms with Crippen molar-refractivity contribution in [1.29, 1.82) is 0 Å². The van der Waals surface area contributed by atoms with Gasteiger partial charge in [-0.1, -0.05) is 142 Å². The van der Waals surface area contributed by atoms with Gasteiger partial charge < -0.3 is 20.1 Å². The number of hydrogen-bond acceptors (Lipinski definition) is 8. The Bertz CT molecular complexity index is 694. The molecule has 0 aromatic heterocycles. The Morgan fingerprint density at radius 2 is 1.00 bits per heavy atom. The molecular weight excluding hydrogens is 569 g/mol. The summed E-state index contributed by atoms with van der Waals surface area (Å²) < 4.78 is 32.5. The van der Waals surface area contributed by atoms with Crippen molar-refractivity contribution in [3.8, 4) is 0 Å². The highest BCUT2D eigenvalue weighted by molar-refractivity contribution is 7.47. The van der Waals surface area contributed by atoms with E-state index in [1.54, 1.807) is 0 Å². The van der Waals surface area contributed by atoms with Gasteiger partial charge in [0.05, 0.1) is 13.2 Å². The Hall–Kier alpha value is -0.990. The topological polar surface area (TPSA) is 134 Å². The fourth-order valence-corrected chi connectivity index (χ4v) is 5.63. The van der Waals surface area contributed by atoms with Gasteiger partial charge in [-0.3, -0.25) is 18.6 Å². The molecule has 2 unspecified atom stereocenters. The molecule has 0 aromatic rings. The van der Waals surface area contributed by atoms with Crippen LogP contribution in [0.1, 0.15) is 168 Å².